The van der Waals surface area contributed by atoms with E-state index in [0.29, 0.717) is 30.2 Å². The average Bonchev–Trinajstić information content (AvgIpc) is 2.98. The molecule has 3 atom stereocenters. The van der Waals surface area contributed by atoms with E-state index in [0.717, 1.165) is 17.4 Å². The molecule has 1 fully saturated rings. The Morgan fingerprint density at radius 2 is 2.32 bits per heavy atom. The van der Waals surface area contributed by atoms with Gasteiger partial charge in [-0.3, -0.25) is 4.79 Å². The highest BCUT2D eigenvalue weighted by Gasteiger charge is 2.41. The normalized spacial score (nSPS) is 27.0. The van der Waals surface area contributed by atoms with Crippen LogP contribution < -0.4 is 0 Å². The molecule has 1 N–H and O–H groups in total. The van der Waals surface area contributed by atoms with Gasteiger partial charge in [-0.2, -0.15) is 0 Å². The number of alkyl halides is 1. The number of hydrogen-bond donors (Lipinski definition) is 1. The Hall–Kier alpha value is -1.04. The van der Waals surface area contributed by atoms with Crippen molar-refractivity contribution in [3.63, 3.8) is 0 Å². The van der Waals surface area contributed by atoms with Gasteiger partial charge in [-0.1, -0.05) is 41.6 Å². The van der Waals surface area contributed by atoms with Crippen molar-refractivity contribution < 1.29 is 4.79 Å². The summed E-state index contributed by atoms with van der Waals surface area (Å²) in [5.74, 6) is 1.43. The zero-order valence-electron chi connectivity index (χ0n) is 12.8. The van der Waals surface area contributed by atoms with E-state index < -0.39 is 0 Å². The predicted octanol–water partition coefficient (Wildman–Crippen LogP) is 3.87. The van der Waals surface area contributed by atoms with Gasteiger partial charge in [0.2, 0.25) is 5.91 Å². The molecule has 0 saturated carbocycles. The standard InChI is InChI=1S/C18H21IN2O/c1-2-17(22)21-10-11(8-19)6-14-13-4-3-5-15-18(13)12(9-20-15)7-16(14)21/h3-5,9,11,14,16,20H,2,6-8,10H2,1H3/t11?,14?,16-/m1/s1. The first-order chi connectivity index (χ1) is 10.7. The Morgan fingerprint density at radius 3 is 3.09 bits per heavy atom. The van der Waals surface area contributed by atoms with Gasteiger partial charge in [0.25, 0.3) is 0 Å². The van der Waals surface area contributed by atoms with Crippen molar-refractivity contribution >= 4 is 39.4 Å². The number of likely N-dealkylation sites (tertiary alicyclic amines) is 1. The molecule has 4 rings (SSSR count). The number of amides is 1. The van der Waals surface area contributed by atoms with E-state index in [1.807, 2.05) is 6.92 Å². The monoisotopic (exact) mass is 408 g/mol. The zero-order chi connectivity index (χ0) is 15.3. The summed E-state index contributed by atoms with van der Waals surface area (Å²) in [5, 5.41) is 1.42. The number of carbonyl (C=O) groups excluding carboxylic acids is 1. The van der Waals surface area contributed by atoms with Crippen LogP contribution in [0.25, 0.3) is 10.9 Å². The number of halogens is 1. The van der Waals surface area contributed by atoms with Gasteiger partial charge in [-0.15, -0.1) is 0 Å². The van der Waals surface area contributed by atoms with Crippen molar-refractivity contribution in [2.45, 2.75) is 38.1 Å². The Morgan fingerprint density at radius 1 is 1.45 bits per heavy atom. The van der Waals surface area contributed by atoms with E-state index in [1.54, 1.807) is 0 Å². The van der Waals surface area contributed by atoms with Crippen LogP contribution in [-0.2, 0) is 11.2 Å². The number of H-pyrrole nitrogens is 1. The topological polar surface area (TPSA) is 36.1 Å². The first kappa shape index (κ1) is 14.5. The second-order valence-corrected chi connectivity index (χ2v) is 7.50. The molecular formula is C18H21IN2O. The molecule has 4 heteroatoms. The number of hydrogen-bond acceptors (Lipinski definition) is 1. The predicted molar refractivity (Wildman–Crippen MR) is 97.5 cm³/mol. The summed E-state index contributed by atoms with van der Waals surface area (Å²) in [7, 11) is 0. The molecule has 0 bridgehead atoms. The SMILES string of the molecule is CCC(=O)N1CC(CI)CC2c3cccc4[nH]cc(c34)C[C@H]21. The molecule has 1 aromatic heterocycles. The van der Waals surface area contributed by atoms with Crippen LogP contribution in [0, 0.1) is 5.92 Å². The summed E-state index contributed by atoms with van der Waals surface area (Å²) in [6.45, 7) is 2.92. The Balaban J connectivity index is 1.82. The minimum atomic E-state index is 0.315. The molecule has 1 aromatic carbocycles. The number of fused-ring (bicyclic) bond motifs is 2. The molecule has 3 nitrogen and oxygen atoms in total. The zero-order valence-corrected chi connectivity index (χ0v) is 15.0. The summed E-state index contributed by atoms with van der Waals surface area (Å²) in [5.41, 5.74) is 4.08. The quantitative estimate of drug-likeness (QED) is 0.595. The van der Waals surface area contributed by atoms with E-state index >= 15 is 0 Å². The first-order valence-corrected chi connectivity index (χ1v) is 9.69. The lowest BCUT2D eigenvalue weighted by Gasteiger charge is -2.47. The van der Waals surface area contributed by atoms with E-state index in [4.69, 9.17) is 0 Å². The lowest BCUT2D eigenvalue weighted by Crippen LogP contribution is -2.52. The number of benzene rings is 1. The van der Waals surface area contributed by atoms with Crippen molar-refractivity contribution in [3.8, 4) is 0 Å². The highest BCUT2D eigenvalue weighted by molar-refractivity contribution is 14.1. The van der Waals surface area contributed by atoms with Gasteiger partial charge >= 0.3 is 0 Å². The fourth-order valence-electron chi connectivity index (χ4n) is 4.39. The molecule has 22 heavy (non-hydrogen) atoms. The molecule has 0 radical (unpaired) electrons. The highest BCUT2D eigenvalue weighted by atomic mass is 127. The summed E-state index contributed by atoms with van der Waals surface area (Å²) in [4.78, 5) is 18.1. The number of piperidine rings is 1. The third-order valence-corrected chi connectivity index (χ3v) is 6.64. The van der Waals surface area contributed by atoms with Gasteiger partial charge in [-0.25, -0.2) is 0 Å². The van der Waals surface area contributed by atoms with Crippen LogP contribution in [0.2, 0.25) is 0 Å². The number of carbonyl (C=O) groups is 1. The molecule has 2 aliphatic rings. The van der Waals surface area contributed by atoms with Gasteiger partial charge in [0.15, 0.2) is 0 Å². The summed E-state index contributed by atoms with van der Waals surface area (Å²) < 4.78 is 1.13. The van der Waals surface area contributed by atoms with Crippen molar-refractivity contribution in [1.29, 1.82) is 0 Å². The second kappa shape index (κ2) is 5.55. The van der Waals surface area contributed by atoms with Gasteiger partial charge in [-0.05, 0) is 36.0 Å². The minimum Gasteiger partial charge on any atom is -0.361 e. The Kier molecular flexibility index (Phi) is 3.67. The second-order valence-electron chi connectivity index (χ2n) is 6.62. The van der Waals surface area contributed by atoms with Crippen molar-refractivity contribution in [1.82, 2.24) is 9.88 Å². The summed E-state index contributed by atoms with van der Waals surface area (Å²) in [6, 6.07) is 6.94. The van der Waals surface area contributed by atoms with Gasteiger partial charge in [0.05, 0.1) is 0 Å². The molecule has 1 saturated heterocycles. The van der Waals surface area contributed by atoms with Crippen LogP contribution in [0.15, 0.2) is 24.4 Å². The van der Waals surface area contributed by atoms with E-state index in [9.17, 15) is 4.79 Å². The van der Waals surface area contributed by atoms with Gasteiger partial charge in [0.1, 0.15) is 0 Å². The van der Waals surface area contributed by atoms with E-state index in [-0.39, 0.29) is 0 Å². The lowest BCUT2D eigenvalue weighted by molar-refractivity contribution is -0.136. The molecule has 0 spiro atoms. The number of nitrogens with one attached hydrogen (secondary N) is 1. The van der Waals surface area contributed by atoms with E-state index in [1.165, 1.54) is 28.5 Å². The molecule has 1 aliphatic carbocycles. The van der Waals surface area contributed by atoms with Crippen molar-refractivity contribution in [2.75, 3.05) is 11.0 Å². The average molecular weight is 408 g/mol. The third kappa shape index (κ3) is 2.10. The molecule has 1 aliphatic heterocycles. The molecule has 2 unspecified atom stereocenters. The molecule has 2 heterocycles. The van der Waals surface area contributed by atoms with Crippen LogP contribution in [0.1, 0.15) is 36.8 Å². The first-order valence-electron chi connectivity index (χ1n) is 8.17. The lowest BCUT2D eigenvalue weighted by atomic mass is 9.72. The molecule has 1 amide bonds. The maximum Gasteiger partial charge on any atom is 0.222 e. The van der Waals surface area contributed by atoms with Crippen molar-refractivity contribution in [2.24, 2.45) is 5.92 Å². The minimum absolute atomic E-state index is 0.315. The molecule has 2 aromatic rings. The number of aromatic amines is 1. The van der Waals surface area contributed by atoms with Crippen LogP contribution in [0.4, 0.5) is 0 Å². The fraction of sp³-hybridized carbons (Fsp3) is 0.500. The van der Waals surface area contributed by atoms with Crippen molar-refractivity contribution in [3.05, 3.63) is 35.5 Å². The number of rotatable bonds is 2. The number of nitrogens with zero attached hydrogens (tertiary/aromatic N) is 1. The Labute approximate surface area is 144 Å². The fourth-order valence-corrected chi connectivity index (χ4v) is 5.03. The Bertz CT molecular complexity index is 723. The smallest absolute Gasteiger partial charge is 0.222 e. The molecule has 116 valence electrons. The van der Waals surface area contributed by atoms with E-state index in [2.05, 4.69) is 56.9 Å². The maximum absolute atomic E-state index is 12.5. The largest absolute Gasteiger partial charge is 0.361 e. The van der Waals surface area contributed by atoms with Crippen LogP contribution in [-0.4, -0.2) is 32.8 Å². The third-order valence-electron chi connectivity index (χ3n) is 5.40. The van der Waals surface area contributed by atoms with Gasteiger partial charge in [0, 0.05) is 46.5 Å². The highest BCUT2D eigenvalue weighted by Crippen LogP contribution is 2.45. The summed E-state index contributed by atoms with van der Waals surface area (Å²) >= 11 is 2.48. The van der Waals surface area contributed by atoms with Crippen LogP contribution >= 0.6 is 22.6 Å². The van der Waals surface area contributed by atoms with Crippen LogP contribution in [0.5, 0.6) is 0 Å². The van der Waals surface area contributed by atoms with Crippen LogP contribution in [0.3, 0.4) is 0 Å². The summed E-state index contributed by atoms with van der Waals surface area (Å²) in [6.07, 6.45) is 4.97. The molecular weight excluding hydrogens is 387 g/mol. The number of aromatic nitrogens is 1. The maximum atomic E-state index is 12.5. The van der Waals surface area contributed by atoms with Gasteiger partial charge < -0.3 is 9.88 Å².